The van der Waals surface area contributed by atoms with Crippen molar-refractivity contribution in [2.45, 2.75) is 83.4 Å². The predicted molar refractivity (Wildman–Crippen MR) is 150 cm³/mol. The van der Waals surface area contributed by atoms with Gasteiger partial charge in [0.25, 0.3) is 0 Å². The molecule has 39 heavy (non-hydrogen) atoms. The second kappa shape index (κ2) is 11.9. The van der Waals surface area contributed by atoms with Crippen molar-refractivity contribution in [2.75, 3.05) is 27.4 Å². The number of rotatable bonds is 3. The number of ether oxygens (including phenoxy) is 3. The van der Waals surface area contributed by atoms with E-state index >= 15 is 0 Å². The molecule has 5 bridgehead atoms. The lowest BCUT2D eigenvalue weighted by Crippen LogP contribution is -2.56. The summed E-state index contributed by atoms with van der Waals surface area (Å²) in [4.78, 5) is 40.4. The van der Waals surface area contributed by atoms with E-state index in [2.05, 4.69) is 23.5 Å². The Kier molecular flexibility index (Phi) is 8.84. The molecular weight excluding hydrogens is 496 g/mol. The third-order valence-corrected chi connectivity index (χ3v) is 8.16. The van der Waals surface area contributed by atoms with Crippen molar-refractivity contribution in [3.8, 4) is 5.75 Å². The van der Waals surface area contributed by atoms with Gasteiger partial charge in [0, 0.05) is 13.5 Å². The standard InChI is InChI=1S/C31H42N2O6/c1-30(2,3)27-28(35)33-20-31(38-5,18-25(33)19-34)24-13-12-21-17-26(37-4)22(15-23(21)16-24)11-9-7-6-8-10-14-39-29(36)32-27/h12-13,15-17,19,25,27H,6-11,14,18,20H2,1-5H3,(H,32,36)/t25-,27+,31-/m0/s1. The van der Waals surface area contributed by atoms with Crippen LogP contribution in [0.3, 0.4) is 0 Å². The number of fused-ring (bicyclic) bond motifs is 5. The van der Waals surface area contributed by atoms with Gasteiger partial charge in [-0.2, -0.15) is 0 Å². The van der Waals surface area contributed by atoms with Crippen molar-refractivity contribution in [3.05, 3.63) is 41.5 Å². The molecule has 2 aromatic rings. The summed E-state index contributed by atoms with van der Waals surface area (Å²) in [5.41, 5.74) is 0.603. The van der Waals surface area contributed by atoms with Gasteiger partial charge in [-0.1, -0.05) is 52.2 Å². The van der Waals surface area contributed by atoms with Crippen LogP contribution in [0.5, 0.6) is 5.75 Å². The molecule has 3 atom stereocenters. The topological polar surface area (TPSA) is 94.2 Å². The van der Waals surface area contributed by atoms with Gasteiger partial charge in [0.2, 0.25) is 5.91 Å². The van der Waals surface area contributed by atoms with Gasteiger partial charge < -0.3 is 29.2 Å². The van der Waals surface area contributed by atoms with E-state index in [-0.39, 0.29) is 12.5 Å². The predicted octanol–water partition coefficient (Wildman–Crippen LogP) is 5.14. The van der Waals surface area contributed by atoms with Gasteiger partial charge >= 0.3 is 6.09 Å². The molecule has 0 saturated carbocycles. The Hall–Kier alpha value is -3.13. The number of alkyl carbamates (subject to hydrolysis) is 1. The van der Waals surface area contributed by atoms with Gasteiger partial charge in [0.15, 0.2) is 0 Å². The van der Waals surface area contributed by atoms with Gasteiger partial charge in [-0.05, 0) is 64.8 Å². The SMILES string of the molecule is COc1cc2ccc3cc2cc1CCCCCCCOC(=O)N[C@@H](C(C)(C)C)C(=O)N1C[C@@]3(OC)C[C@H]1C=O. The number of aryl methyl sites for hydroxylation is 1. The molecule has 0 unspecified atom stereocenters. The van der Waals surface area contributed by atoms with Crippen LogP contribution in [0.2, 0.25) is 0 Å². The Morgan fingerprint density at radius 2 is 1.77 bits per heavy atom. The molecule has 4 rings (SSSR count). The highest BCUT2D eigenvalue weighted by atomic mass is 16.5. The number of cyclic esters (lactones) is 1. The van der Waals surface area contributed by atoms with Crippen LogP contribution in [0.15, 0.2) is 30.3 Å². The molecule has 0 aliphatic carbocycles. The van der Waals surface area contributed by atoms with Gasteiger partial charge in [0.05, 0.1) is 26.3 Å². The van der Waals surface area contributed by atoms with Crippen LogP contribution in [0.1, 0.15) is 70.4 Å². The fraction of sp³-hybridized carbons (Fsp3) is 0.581. The summed E-state index contributed by atoms with van der Waals surface area (Å²) in [5.74, 6) is 0.558. The van der Waals surface area contributed by atoms with E-state index in [1.54, 1.807) is 19.1 Å². The average molecular weight is 539 g/mol. The van der Waals surface area contributed by atoms with Crippen molar-refractivity contribution >= 4 is 29.1 Å². The molecule has 1 saturated heterocycles. The molecule has 2 amide bonds. The Labute approximate surface area is 231 Å². The highest BCUT2D eigenvalue weighted by molar-refractivity contribution is 5.89. The number of methoxy groups -OCH3 is 2. The molecule has 1 N–H and O–H groups in total. The maximum Gasteiger partial charge on any atom is 0.407 e. The molecule has 0 aromatic heterocycles. The van der Waals surface area contributed by atoms with E-state index < -0.39 is 29.2 Å². The zero-order valence-electron chi connectivity index (χ0n) is 23.9. The Bertz CT molecular complexity index is 1210. The quantitative estimate of drug-likeness (QED) is 0.544. The van der Waals surface area contributed by atoms with Crippen molar-refractivity contribution in [3.63, 3.8) is 0 Å². The second-order valence-electron chi connectivity index (χ2n) is 11.9. The zero-order valence-corrected chi connectivity index (χ0v) is 23.9. The highest BCUT2D eigenvalue weighted by Gasteiger charge is 2.50. The molecule has 8 heteroatoms. The first-order valence-electron chi connectivity index (χ1n) is 14.0. The van der Waals surface area contributed by atoms with Crippen molar-refractivity contribution < 1.29 is 28.6 Å². The van der Waals surface area contributed by atoms with E-state index in [0.29, 0.717) is 13.0 Å². The molecular formula is C31H42N2O6. The van der Waals surface area contributed by atoms with Gasteiger partial charge in [-0.25, -0.2) is 4.79 Å². The summed E-state index contributed by atoms with van der Waals surface area (Å²) in [6.07, 6.45) is 6.30. The lowest BCUT2D eigenvalue weighted by molar-refractivity contribution is -0.139. The molecule has 0 spiro atoms. The Balaban J connectivity index is 1.76. The number of carbonyl (C=O) groups excluding carboxylic acids is 3. The summed E-state index contributed by atoms with van der Waals surface area (Å²) in [7, 11) is 3.32. The number of amides is 2. The molecule has 2 aliphatic rings. The van der Waals surface area contributed by atoms with Crippen LogP contribution < -0.4 is 10.1 Å². The lowest BCUT2D eigenvalue weighted by Gasteiger charge is -2.35. The molecule has 2 aromatic carbocycles. The van der Waals surface area contributed by atoms with E-state index in [1.165, 1.54) is 0 Å². The van der Waals surface area contributed by atoms with Crippen LogP contribution in [0.4, 0.5) is 4.79 Å². The van der Waals surface area contributed by atoms with Crippen molar-refractivity contribution in [2.24, 2.45) is 5.41 Å². The maximum atomic E-state index is 13.9. The fourth-order valence-corrected chi connectivity index (χ4v) is 5.82. The van der Waals surface area contributed by atoms with E-state index in [1.807, 2.05) is 32.9 Å². The number of nitrogens with zero attached hydrogens (tertiary/aromatic N) is 1. The number of aldehydes is 1. The number of hydrogen-bond acceptors (Lipinski definition) is 6. The molecule has 8 nitrogen and oxygen atoms in total. The monoisotopic (exact) mass is 538 g/mol. The Morgan fingerprint density at radius 1 is 1.03 bits per heavy atom. The van der Waals surface area contributed by atoms with Gasteiger partial charge in [0.1, 0.15) is 23.7 Å². The average Bonchev–Trinajstić information content (AvgIpc) is 3.31. The molecule has 1 fully saturated rings. The minimum Gasteiger partial charge on any atom is -0.496 e. The summed E-state index contributed by atoms with van der Waals surface area (Å²) < 4.78 is 17.2. The van der Waals surface area contributed by atoms with Crippen LogP contribution in [-0.4, -0.2) is 62.6 Å². The lowest BCUT2D eigenvalue weighted by atomic mass is 9.85. The minimum absolute atomic E-state index is 0.198. The number of nitrogens with one attached hydrogen (secondary N) is 1. The van der Waals surface area contributed by atoms with Crippen LogP contribution >= 0.6 is 0 Å². The molecule has 2 heterocycles. The Morgan fingerprint density at radius 3 is 2.46 bits per heavy atom. The third kappa shape index (κ3) is 6.21. The van der Waals surface area contributed by atoms with E-state index in [0.717, 1.165) is 72.5 Å². The molecule has 0 radical (unpaired) electrons. The summed E-state index contributed by atoms with van der Waals surface area (Å²) in [6.45, 7) is 6.16. The summed E-state index contributed by atoms with van der Waals surface area (Å²) in [6, 6.07) is 8.87. The third-order valence-electron chi connectivity index (χ3n) is 8.16. The van der Waals surface area contributed by atoms with E-state index in [9.17, 15) is 14.4 Å². The largest absolute Gasteiger partial charge is 0.496 e. The van der Waals surface area contributed by atoms with Gasteiger partial charge in [-0.15, -0.1) is 0 Å². The fourth-order valence-electron chi connectivity index (χ4n) is 5.82. The smallest absolute Gasteiger partial charge is 0.407 e. The van der Waals surface area contributed by atoms with Crippen LogP contribution in [-0.2, 0) is 31.1 Å². The molecule has 2 aliphatic heterocycles. The summed E-state index contributed by atoms with van der Waals surface area (Å²) in [5, 5.41) is 4.91. The van der Waals surface area contributed by atoms with Gasteiger partial charge in [-0.3, -0.25) is 4.79 Å². The zero-order chi connectivity index (χ0) is 28.2. The van der Waals surface area contributed by atoms with E-state index in [4.69, 9.17) is 14.2 Å². The molecule has 212 valence electrons. The van der Waals surface area contributed by atoms with Crippen molar-refractivity contribution in [1.29, 1.82) is 0 Å². The maximum absolute atomic E-state index is 13.9. The first-order chi connectivity index (χ1) is 18.6. The normalized spacial score (nSPS) is 25.4. The summed E-state index contributed by atoms with van der Waals surface area (Å²) >= 11 is 0. The van der Waals surface area contributed by atoms with Crippen LogP contribution in [0, 0.1) is 5.41 Å². The first kappa shape index (κ1) is 28.9. The van der Waals surface area contributed by atoms with Crippen LogP contribution in [0.25, 0.3) is 10.8 Å². The number of hydrogen-bond donors (Lipinski definition) is 1. The second-order valence-corrected chi connectivity index (χ2v) is 11.9. The highest BCUT2D eigenvalue weighted by Crippen LogP contribution is 2.41. The minimum atomic E-state index is -0.864. The number of carbonyl (C=O) groups is 3. The number of benzene rings is 2. The van der Waals surface area contributed by atoms with Crippen molar-refractivity contribution in [1.82, 2.24) is 10.2 Å². The first-order valence-corrected chi connectivity index (χ1v) is 14.0.